The third kappa shape index (κ3) is 3.47. The summed E-state index contributed by atoms with van der Waals surface area (Å²) >= 11 is 7.72. The zero-order valence-electron chi connectivity index (χ0n) is 14.0. The van der Waals surface area contributed by atoms with Gasteiger partial charge < -0.3 is 0 Å². The fourth-order valence-corrected chi connectivity index (χ4v) is 3.20. The van der Waals surface area contributed by atoms with Crippen molar-refractivity contribution in [3.05, 3.63) is 59.5 Å². The summed E-state index contributed by atoms with van der Waals surface area (Å²) in [5.41, 5.74) is 4.95. The maximum Gasteiger partial charge on any atom is 0.187 e. The lowest BCUT2D eigenvalue weighted by atomic mass is 10.1. The molecule has 0 aromatic carbocycles. The molecule has 5 nitrogen and oxygen atoms in total. The molecule has 4 aromatic rings. The summed E-state index contributed by atoms with van der Waals surface area (Å²) in [5, 5.41) is 1.34. The lowest BCUT2D eigenvalue weighted by Gasteiger charge is -2.06. The molecule has 4 rings (SSSR count). The van der Waals surface area contributed by atoms with E-state index < -0.39 is 0 Å². The van der Waals surface area contributed by atoms with Crippen molar-refractivity contribution in [1.82, 2.24) is 24.3 Å². The Bertz CT molecular complexity index is 1080. The topological polar surface area (TPSA) is 56.0 Å². The molecule has 0 bridgehead atoms. The van der Waals surface area contributed by atoms with Crippen LogP contribution in [0.3, 0.4) is 0 Å². The molecule has 4 heterocycles. The van der Waals surface area contributed by atoms with E-state index in [9.17, 15) is 0 Å². The number of thioether (sulfide) groups is 1. The van der Waals surface area contributed by atoms with E-state index in [0.29, 0.717) is 10.2 Å². The number of aromatic nitrogens is 5. The van der Waals surface area contributed by atoms with Gasteiger partial charge in [0.15, 0.2) is 5.16 Å². The van der Waals surface area contributed by atoms with Gasteiger partial charge in [0.2, 0.25) is 0 Å². The van der Waals surface area contributed by atoms with Crippen LogP contribution in [0.4, 0.5) is 0 Å². The van der Waals surface area contributed by atoms with E-state index in [4.69, 9.17) is 16.6 Å². The maximum absolute atomic E-state index is 6.22. The second-order valence-electron chi connectivity index (χ2n) is 5.48. The van der Waals surface area contributed by atoms with Crippen LogP contribution in [0, 0.1) is 6.92 Å². The quantitative estimate of drug-likeness (QED) is 0.322. The predicted octanol–water partition coefficient (Wildman–Crippen LogP) is 5.11. The van der Waals surface area contributed by atoms with E-state index in [1.54, 1.807) is 6.20 Å². The molecule has 0 saturated carbocycles. The molecule has 0 radical (unpaired) electrons. The molecular formula is C18H15BrClN5S. The van der Waals surface area contributed by atoms with Crippen molar-refractivity contribution in [2.24, 2.45) is 0 Å². The van der Waals surface area contributed by atoms with Gasteiger partial charge in [-0.05, 0) is 43.5 Å². The molecule has 0 aliphatic rings. The van der Waals surface area contributed by atoms with Crippen LogP contribution in [-0.2, 0) is 0 Å². The normalized spacial score (nSPS) is 10.7. The van der Waals surface area contributed by atoms with Crippen LogP contribution < -0.4 is 0 Å². The van der Waals surface area contributed by atoms with Crippen molar-refractivity contribution in [1.29, 1.82) is 0 Å². The SMILES string of the molecule is Br.CSc1nccc(-c2c(-c3cccc(C)n3)nc3ccc(Cl)cn23)n1. The van der Waals surface area contributed by atoms with Crippen molar-refractivity contribution in [3.63, 3.8) is 0 Å². The zero-order valence-corrected chi connectivity index (χ0v) is 17.3. The number of halogens is 2. The molecule has 132 valence electrons. The Hall–Kier alpha value is -1.96. The number of fused-ring (bicyclic) bond motifs is 1. The molecule has 0 spiro atoms. The highest BCUT2D eigenvalue weighted by molar-refractivity contribution is 8.93. The van der Waals surface area contributed by atoms with Gasteiger partial charge in [-0.1, -0.05) is 29.4 Å². The number of pyridine rings is 2. The van der Waals surface area contributed by atoms with Gasteiger partial charge in [0.25, 0.3) is 0 Å². The largest absolute Gasteiger partial charge is 0.296 e. The van der Waals surface area contributed by atoms with E-state index in [2.05, 4.69) is 15.0 Å². The van der Waals surface area contributed by atoms with Crippen molar-refractivity contribution < 1.29 is 0 Å². The van der Waals surface area contributed by atoms with Gasteiger partial charge in [0, 0.05) is 18.1 Å². The van der Waals surface area contributed by atoms with E-state index in [0.717, 1.165) is 34.1 Å². The number of nitrogens with zero attached hydrogens (tertiary/aromatic N) is 5. The Morgan fingerprint density at radius 3 is 2.62 bits per heavy atom. The minimum absolute atomic E-state index is 0. The molecule has 0 fully saturated rings. The Morgan fingerprint density at radius 2 is 1.85 bits per heavy atom. The summed E-state index contributed by atoms with van der Waals surface area (Å²) in [4.78, 5) is 18.3. The van der Waals surface area contributed by atoms with Gasteiger partial charge in [-0.25, -0.2) is 15.0 Å². The van der Waals surface area contributed by atoms with Crippen molar-refractivity contribution in [2.75, 3.05) is 6.26 Å². The molecule has 0 aliphatic heterocycles. The number of hydrogen-bond donors (Lipinski definition) is 0. The lowest BCUT2D eigenvalue weighted by molar-refractivity contribution is 0.968. The summed E-state index contributed by atoms with van der Waals surface area (Å²) in [5.74, 6) is 0. The van der Waals surface area contributed by atoms with Crippen LogP contribution in [0.2, 0.25) is 5.02 Å². The summed E-state index contributed by atoms with van der Waals surface area (Å²) in [6, 6.07) is 11.5. The first-order chi connectivity index (χ1) is 12.2. The average molecular weight is 449 g/mol. The van der Waals surface area contributed by atoms with Crippen molar-refractivity contribution >= 4 is 46.0 Å². The minimum Gasteiger partial charge on any atom is -0.296 e. The minimum atomic E-state index is 0. The van der Waals surface area contributed by atoms with Crippen LogP contribution in [0.5, 0.6) is 0 Å². The molecule has 0 amide bonds. The van der Waals surface area contributed by atoms with Crippen LogP contribution in [0.25, 0.3) is 28.4 Å². The van der Waals surface area contributed by atoms with Crippen molar-refractivity contribution in [2.45, 2.75) is 12.1 Å². The van der Waals surface area contributed by atoms with E-state index in [1.807, 2.05) is 60.2 Å². The highest BCUT2D eigenvalue weighted by atomic mass is 79.9. The van der Waals surface area contributed by atoms with Gasteiger partial charge in [-0.3, -0.25) is 9.38 Å². The molecule has 26 heavy (non-hydrogen) atoms. The van der Waals surface area contributed by atoms with Crippen molar-refractivity contribution in [3.8, 4) is 22.8 Å². The standard InChI is InChI=1S/C18H14ClN5S.BrH/c1-11-4-3-5-13(21-11)16-17(14-8-9-20-18(22-14)25-2)24-10-12(19)6-7-15(24)23-16;/h3-10H,1-2H3;1H. The Labute approximate surface area is 170 Å². The first-order valence-electron chi connectivity index (χ1n) is 7.65. The first-order valence-corrected chi connectivity index (χ1v) is 9.25. The Morgan fingerprint density at radius 1 is 1.00 bits per heavy atom. The van der Waals surface area contributed by atoms with Gasteiger partial charge in [0.1, 0.15) is 17.0 Å². The third-order valence-electron chi connectivity index (χ3n) is 3.77. The van der Waals surface area contributed by atoms with Gasteiger partial charge in [-0.15, -0.1) is 17.0 Å². The van der Waals surface area contributed by atoms with Crippen LogP contribution in [0.15, 0.2) is 53.9 Å². The van der Waals surface area contributed by atoms with Crippen LogP contribution in [0.1, 0.15) is 5.69 Å². The van der Waals surface area contributed by atoms with Crippen LogP contribution >= 0.6 is 40.3 Å². The predicted molar refractivity (Wildman–Crippen MR) is 111 cm³/mol. The second kappa shape index (κ2) is 7.73. The first kappa shape index (κ1) is 18.8. The molecule has 0 unspecified atom stereocenters. The van der Waals surface area contributed by atoms with E-state index in [1.165, 1.54) is 11.8 Å². The highest BCUT2D eigenvalue weighted by Crippen LogP contribution is 2.32. The van der Waals surface area contributed by atoms with Gasteiger partial charge >= 0.3 is 0 Å². The molecule has 0 atom stereocenters. The molecule has 4 aromatic heterocycles. The Kier molecular flexibility index (Phi) is 5.60. The summed E-state index contributed by atoms with van der Waals surface area (Å²) < 4.78 is 1.95. The molecule has 0 N–H and O–H groups in total. The second-order valence-corrected chi connectivity index (χ2v) is 6.69. The smallest absolute Gasteiger partial charge is 0.187 e. The van der Waals surface area contributed by atoms with E-state index in [-0.39, 0.29) is 17.0 Å². The fraction of sp³-hybridized carbons (Fsp3) is 0.111. The number of aryl methyl sites for hydroxylation is 1. The number of hydrogen-bond acceptors (Lipinski definition) is 5. The summed E-state index contributed by atoms with van der Waals surface area (Å²) in [6.07, 6.45) is 5.55. The zero-order chi connectivity index (χ0) is 17.4. The average Bonchev–Trinajstić information content (AvgIpc) is 3.00. The molecular weight excluding hydrogens is 434 g/mol. The molecule has 0 saturated heterocycles. The number of imidazole rings is 1. The monoisotopic (exact) mass is 447 g/mol. The summed E-state index contributed by atoms with van der Waals surface area (Å²) in [6.45, 7) is 1.96. The molecule has 8 heteroatoms. The van der Waals surface area contributed by atoms with Crippen LogP contribution in [-0.4, -0.2) is 30.6 Å². The Balaban J connectivity index is 0.00000196. The highest BCUT2D eigenvalue weighted by Gasteiger charge is 2.18. The van der Waals surface area contributed by atoms with E-state index >= 15 is 0 Å². The maximum atomic E-state index is 6.22. The fourth-order valence-electron chi connectivity index (χ4n) is 2.69. The molecule has 0 aliphatic carbocycles. The van der Waals surface area contributed by atoms with Gasteiger partial charge in [0.05, 0.1) is 16.4 Å². The summed E-state index contributed by atoms with van der Waals surface area (Å²) in [7, 11) is 0. The number of rotatable bonds is 3. The third-order valence-corrected chi connectivity index (χ3v) is 4.56. The lowest BCUT2D eigenvalue weighted by Crippen LogP contribution is -1.96. The van der Waals surface area contributed by atoms with Gasteiger partial charge in [-0.2, -0.15) is 0 Å².